The smallest absolute Gasteiger partial charge is 0.223 e. The van der Waals surface area contributed by atoms with Gasteiger partial charge in [0.1, 0.15) is 0 Å². The van der Waals surface area contributed by atoms with Crippen molar-refractivity contribution in [2.24, 2.45) is 11.1 Å². The van der Waals surface area contributed by atoms with Gasteiger partial charge >= 0.3 is 0 Å². The standard InChI is InChI=1S/C18H34N2O3/c1-22-12-5-13-23-16-6-10-20(11-7-16)17(21)14-18(15-19)8-3-2-4-9-18/h16H,2-15,19H2,1H3. The quantitative estimate of drug-likeness (QED) is 0.695. The van der Waals surface area contributed by atoms with Crippen molar-refractivity contribution in [3.05, 3.63) is 0 Å². The van der Waals surface area contributed by atoms with E-state index < -0.39 is 0 Å². The van der Waals surface area contributed by atoms with Crippen LogP contribution < -0.4 is 5.73 Å². The Morgan fingerprint density at radius 3 is 2.48 bits per heavy atom. The SMILES string of the molecule is COCCCOC1CCN(C(=O)CC2(CN)CCCCC2)CC1. The van der Waals surface area contributed by atoms with Gasteiger partial charge in [-0.3, -0.25) is 4.79 Å². The lowest BCUT2D eigenvalue weighted by molar-refractivity contribution is -0.136. The van der Waals surface area contributed by atoms with Crippen LogP contribution in [0.2, 0.25) is 0 Å². The van der Waals surface area contributed by atoms with Crippen LogP contribution in [0, 0.1) is 5.41 Å². The summed E-state index contributed by atoms with van der Waals surface area (Å²) < 4.78 is 10.9. The topological polar surface area (TPSA) is 64.8 Å². The highest BCUT2D eigenvalue weighted by molar-refractivity contribution is 5.77. The number of piperidine rings is 1. The number of nitrogens with two attached hydrogens (primary N) is 1. The second-order valence-corrected chi connectivity index (χ2v) is 7.24. The van der Waals surface area contributed by atoms with Crippen molar-refractivity contribution in [1.29, 1.82) is 0 Å². The molecule has 134 valence electrons. The maximum absolute atomic E-state index is 12.6. The highest BCUT2D eigenvalue weighted by Gasteiger charge is 2.35. The lowest BCUT2D eigenvalue weighted by atomic mass is 9.71. The summed E-state index contributed by atoms with van der Waals surface area (Å²) in [4.78, 5) is 14.7. The summed E-state index contributed by atoms with van der Waals surface area (Å²) in [6.07, 6.45) is 9.77. The summed E-state index contributed by atoms with van der Waals surface area (Å²) in [7, 11) is 1.71. The van der Waals surface area contributed by atoms with E-state index in [1.165, 1.54) is 19.3 Å². The molecule has 1 aliphatic carbocycles. The molecule has 0 aromatic heterocycles. The van der Waals surface area contributed by atoms with Crippen LogP contribution in [0.4, 0.5) is 0 Å². The molecule has 5 nitrogen and oxygen atoms in total. The zero-order valence-corrected chi connectivity index (χ0v) is 14.7. The van der Waals surface area contributed by atoms with E-state index in [1.807, 2.05) is 4.90 Å². The number of ether oxygens (including phenoxy) is 2. The monoisotopic (exact) mass is 326 g/mol. The van der Waals surface area contributed by atoms with Crippen molar-refractivity contribution in [1.82, 2.24) is 4.90 Å². The van der Waals surface area contributed by atoms with E-state index in [-0.39, 0.29) is 5.41 Å². The van der Waals surface area contributed by atoms with Gasteiger partial charge in [-0.1, -0.05) is 19.3 Å². The third-order valence-electron chi connectivity index (χ3n) is 5.51. The number of carbonyl (C=O) groups is 1. The van der Waals surface area contributed by atoms with Gasteiger partial charge in [-0.25, -0.2) is 0 Å². The lowest BCUT2D eigenvalue weighted by Gasteiger charge is -2.39. The van der Waals surface area contributed by atoms with Crippen molar-refractivity contribution in [2.45, 2.75) is 63.9 Å². The van der Waals surface area contributed by atoms with Gasteiger partial charge in [0.15, 0.2) is 0 Å². The van der Waals surface area contributed by atoms with E-state index in [1.54, 1.807) is 7.11 Å². The first-order valence-electron chi connectivity index (χ1n) is 9.27. The molecule has 0 aromatic carbocycles. The van der Waals surface area contributed by atoms with Crippen LogP contribution in [0.25, 0.3) is 0 Å². The molecule has 2 rings (SSSR count). The Hall–Kier alpha value is -0.650. The molecule has 1 amide bonds. The first kappa shape index (κ1) is 18.7. The van der Waals surface area contributed by atoms with E-state index in [0.717, 1.165) is 58.4 Å². The minimum Gasteiger partial charge on any atom is -0.385 e. The molecule has 0 spiro atoms. The van der Waals surface area contributed by atoms with Crippen LogP contribution in [-0.4, -0.2) is 56.9 Å². The second-order valence-electron chi connectivity index (χ2n) is 7.24. The third-order valence-corrected chi connectivity index (χ3v) is 5.51. The molecule has 2 aliphatic rings. The molecule has 1 aliphatic heterocycles. The highest BCUT2D eigenvalue weighted by Crippen LogP contribution is 2.39. The number of nitrogens with zero attached hydrogens (tertiary/aromatic N) is 1. The summed E-state index contributed by atoms with van der Waals surface area (Å²) in [5.41, 5.74) is 6.09. The summed E-state index contributed by atoms with van der Waals surface area (Å²) in [5, 5.41) is 0. The fraction of sp³-hybridized carbons (Fsp3) is 0.944. The summed E-state index contributed by atoms with van der Waals surface area (Å²) in [6, 6.07) is 0. The fourth-order valence-electron chi connectivity index (χ4n) is 3.91. The Morgan fingerprint density at radius 2 is 1.87 bits per heavy atom. The van der Waals surface area contributed by atoms with Gasteiger partial charge in [0, 0.05) is 39.8 Å². The maximum Gasteiger partial charge on any atom is 0.223 e. The number of hydrogen-bond donors (Lipinski definition) is 1. The fourth-order valence-corrected chi connectivity index (χ4v) is 3.91. The van der Waals surface area contributed by atoms with Crippen LogP contribution in [0.1, 0.15) is 57.8 Å². The molecule has 2 fully saturated rings. The zero-order chi connectivity index (χ0) is 16.5. The van der Waals surface area contributed by atoms with Crippen molar-refractivity contribution in [3.63, 3.8) is 0 Å². The van der Waals surface area contributed by atoms with E-state index in [0.29, 0.717) is 25.0 Å². The van der Waals surface area contributed by atoms with Gasteiger partial charge in [0.25, 0.3) is 0 Å². The van der Waals surface area contributed by atoms with Crippen molar-refractivity contribution in [3.8, 4) is 0 Å². The molecule has 0 unspecified atom stereocenters. The largest absolute Gasteiger partial charge is 0.385 e. The predicted octanol–water partition coefficient (Wildman–Crippen LogP) is 2.33. The zero-order valence-electron chi connectivity index (χ0n) is 14.7. The van der Waals surface area contributed by atoms with E-state index in [2.05, 4.69) is 0 Å². The van der Waals surface area contributed by atoms with Crippen molar-refractivity contribution < 1.29 is 14.3 Å². The summed E-state index contributed by atoms with van der Waals surface area (Å²) >= 11 is 0. The Morgan fingerprint density at radius 1 is 1.17 bits per heavy atom. The number of rotatable bonds is 8. The molecule has 0 aromatic rings. The van der Waals surface area contributed by atoms with Crippen LogP contribution in [0.3, 0.4) is 0 Å². The van der Waals surface area contributed by atoms with E-state index in [4.69, 9.17) is 15.2 Å². The van der Waals surface area contributed by atoms with Gasteiger partial charge in [-0.15, -0.1) is 0 Å². The number of carbonyl (C=O) groups excluding carboxylic acids is 1. The molecule has 0 radical (unpaired) electrons. The normalized spacial score (nSPS) is 22.3. The average Bonchev–Trinajstić information content (AvgIpc) is 2.60. The minimum atomic E-state index is 0.0723. The number of likely N-dealkylation sites (tertiary alicyclic amines) is 1. The molecule has 0 atom stereocenters. The van der Waals surface area contributed by atoms with E-state index >= 15 is 0 Å². The molecule has 5 heteroatoms. The van der Waals surface area contributed by atoms with Gasteiger partial charge in [-0.05, 0) is 44.1 Å². The van der Waals surface area contributed by atoms with Gasteiger partial charge in [0.05, 0.1) is 6.10 Å². The predicted molar refractivity (Wildman–Crippen MR) is 91.2 cm³/mol. The Bertz CT molecular complexity index is 348. The number of hydrogen-bond acceptors (Lipinski definition) is 4. The second kappa shape index (κ2) is 9.60. The van der Waals surface area contributed by atoms with Gasteiger partial charge in [0.2, 0.25) is 5.91 Å². The number of methoxy groups -OCH3 is 1. The first-order valence-corrected chi connectivity index (χ1v) is 9.27. The van der Waals surface area contributed by atoms with Crippen LogP contribution in [-0.2, 0) is 14.3 Å². The van der Waals surface area contributed by atoms with Crippen LogP contribution in [0.15, 0.2) is 0 Å². The van der Waals surface area contributed by atoms with Crippen molar-refractivity contribution >= 4 is 5.91 Å². The minimum absolute atomic E-state index is 0.0723. The average molecular weight is 326 g/mol. The van der Waals surface area contributed by atoms with Gasteiger partial charge in [-0.2, -0.15) is 0 Å². The third kappa shape index (κ3) is 5.73. The summed E-state index contributed by atoms with van der Waals surface area (Å²) in [6.45, 7) is 3.81. The highest BCUT2D eigenvalue weighted by atomic mass is 16.5. The Balaban J connectivity index is 1.70. The number of amides is 1. The van der Waals surface area contributed by atoms with Crippen LogP contribution >= 0.6 is 0 Å². The maximum atomic E-state index is 12.6. The van der Waals surface area contributed by atoms with Gasteiger partial charge < -0.3 is 20.1 Å². The molecule has 23 heavy (non-hydrogen) atoms. The van der Waals surface area contributed by atoms with Crippen LogP contribution in [0.5, 0.6) is 0 Å². The Kier molecular flexibility index (Phi) is 7.80. The molecule has 1 heterocycles. The Labute approximate surface area is 140 Å². The first-order chi connectivity index (χ1) is 11.2. The molecular weight excluding hydrogens is 292 g/mol. The molecule has 1 saturated heterocycles. The van der Waals surface area contributed by atoms with E-state index in [9.17, 15) is 4.79 Å². The lowest BCUT2D eigenvalue weighted by Crippen LogP contribution is -2.44. The molecule has 2 N–H and O–H groups in total. The molecular formula is C18H34N2O3. The summed E-state index contributed by atoms with van der Waals surface area (Å²) in [5.74, 6) is 0.301. The van der Waals surface area contributed by atoms with Crippen molar-refractivity contribution in [2.75, 3.05) is 40.0 Å². The molecule has 1 saturated carbocycles. The molecule has 0 bridgehead atoms.